The van der Waals surface area contributed by atoms with Crippen LogP contribution in [0.5, 0.6) is 11.5 Å². The summed E-state index contributed by atoms with van der Waals surface area (Å²) in [5.74, 6) is -0.961. The number of benzene rings is 2. The van der Waals surface area contributed by atoms with Gasteiger partial charge in [0, 0.05) is 30.1 Å². The smallest absolute Gasteiger partial charge is 0.479 e. The second-order valence-electron chi connectivity index (χ2n) is 6.73. The van der Waals surface area contributed by atoms with E-state index in [2.05, 4.69) is 4.74 Å². The third-order valence-electron chi connectivity index (χ3n) is 4.82. The van der Waals surface area contributed by atoms with Crippen molar-refractivity contribution in [1.82, 2.24) is 4.57 Å². The minimum absolute atomic E-state index is 0.291. The van der Waals surface area contributed by atoms with E-state index in [4.69, 9.17) is 9.84 Å². The summed E-state index contributed by atoms with van der Waals surface area (Å²) >= 11 is 0. The average molecular weight is 407 g/mol. The summed E-state index contributed by atoms with van der Waals surface area (Å²) in [5.41, 5.74) is 3.20. The lowest BCUT2D eigenvalue weighted by Gasteiger charge is -2.15. The zero-order valence-electron chi connectivity index (χ0n) is 16.1. The molecule has 29 heavy (non-hydrogen) atoms. The minimum atomic E-state index is -4.77. The molecule has 1 atom stereocenters. The number of hydrogen-bond acceptors (Lipinski definition) is 3. The molecule has 0 saturated heterocycles. The zero-order valence-corrected chi connectivity index (χ0v) is 16.1. The van der Waals surface area contributed by atoms with E-state index in [0.717, 1.165) is 22.3 Å². The monoisotopic (exact) mass is 407 g/mol. The van der Waals surface area contributed by atoms with E-state index in [1.807, 2.05) is 18.5 Å². The van der Waals surface area contributed by atoms with Crippen LogP contribution in [-0.4, -0.2) is 28.1 Å². The molecule has 1 N–H and O–H groups in total. The number of carboxylic acid groups (broad SMARTS) is 1. The van der Waals surface area contributed by atoms with E-state index >= 15 is 0 Å². The summed E-state index contributed by atoms with van der Waals surface area (Å²) in [5, 5.41) is 9.73. The Kier molecular flexibility index (Phi) is 5.46. The van der Waals surface area contributed by atoms with Gasteiger partial charge < -0.3 is 19.1 Å². The van der Waals surface area contributed by atoms with Crippen LogP contribution in [0.2, 0.25) is 0 Å². The Balaban J connectivity index is 2.03. The van der Waals surface area contributed by atoms with Crippen molar-refractivity contribution in [2.75, 3.05) is 0 Å². The summed E-state index contributed by atoms with van der Waals surface area (Å²) in [4.78, 5) is 11.1. The number of aliphatic carboxylic acids is 1. The molecule has 0 aliphatic heterocycles. The van der Waals surface area contributed by atoms with E-state index in [0.29, 0.717) is 17.6 Å². The van der Waals surface area contributed by atoms with Crippen molar-refractivity contribution < 1.29 is 32.5 Å². The van der Waals surface area contributed by atoms with Gasteiger partial charge in [-0.1, -0.05) is 18.2 Å². The molecular formula is C21H20F3NO4. The number of aromatic nitrogens is 1. The van der Waals surface area contributed by atoms with Crippen molar-refractivity contribution in [2.24, 2.45) is 7.05 Å². The predicted octanol–water partition coefficient (Wildman–Crippen LogP) is 4.83. The Morgan fingerprint density at radius 2 is 1.90 bits per heavy atom. The van der Waals surface area contributed by atoms with Crippen LogP contribution in [0.4, 0.5) is 13.2 Å². The summed E-state index contributed by atoms with van der Waals surface area (Å²) in [7, 11) is 1.83. The van der Waals surface area contributed by atoms with Crippen molar-refractivity contribution >= 4 is 16.9 Å². The molecule has 0 bridgehead atoms. The number of alkyl halides is 3. The standard InChI is InChI=1S/C21H20F3NO4/c1-12-16(10-14-6-4-5-7-19(14)28-13(2)20(26)27)17-11-15(29-21(22,23)24)8-9-18(17)25(12)3/h4-9,11,13H,10H2,1-3H3,(H,26,27). The Bertz CT molecular complexity index is 1060. The van der Waals surface area contributed by atoms with Crippen molar-refractivity contribution in [3.63, 3.8) is 0 Å². The number of fused-ring (bicyclic) bond motifs is 1. The summed E-state index contributed by atoms with van der Waals surface area (Å²) in [6.07, 6.45) is -5.44. The first-order valence-corrected chi connectivity index (χ1v) is 8.88. The van der Waals surface area contributed by atoms with E-state index < -0.39 is 18.4 Å². The molecule has 3 rings (SSSR count). The molecule has 0 spiro atoms. The number of aryl methyl sites for hydroxylation is 1. The lowest BCUT2D eigenvalue weighted by Crippen LogP contribution is -2.23. The van der Waals surface area contributed by atoms with Gasteiger partial charge in [0.15, 0.2) is 6.10 Å². The molecule has 3 aromatic rings. The fraction of sp³-hybridized carbons (Fsp3) is 0.286. The van der Waals surface area contributed by atoms with Gasteiger partial charge in [-0.15, -0.1) is 13.2 Å². The van der Waals surface area contributed by atoms with Crippen molar-refractivity contribution in [2.45, 2.75) is 32.7 Å². The highest BCUT2D eigenvalue weighted by Crippen LogP contribution is 2.34. The highest BCUT2D eigenvalue weighted by atomic mass is 19.4. The van der Waals surface area contributed by atoms with Crippen LogP contribution in [0.25, 0.3) is 10.9 Å². The first-order chi connectivity index (χ1) is 13.6. The van der Waals surface area contributed by atoms with E-state index in [9.17, 15) is 18.0 Å². The molecule has 1 unspecified atom stereocenters. The Labute approximate surface area is 165 Å². The van der Waals surface area contributed by atoms with Gasteiger partial charge in [0.2, 0.25) is 0 Å². The molecule has 0 saturated carbocycles. The molecule has 1 heterocycles. The predicted molar refractivity (Wildman–Crippen MR) is 101 cm³/mol. The zero-order chi connectivity index (χ0) is 21.3. The van der Waals surface area contributed by atoms with Gasteiger partial charge in [-0.05, 0) is 49.2 Å². The molecule has 1 aromatic heterocycles. The lowest BCUT2D eigenvalue weighted by atomic mass is 10.0. The quantitative estimate of drug-likeness (QED) is 0.636. The number of nitrogens with zero attached hydrogens (tertiary/aromatic N) is 1. The molecule has 8 heteroatoms. The van der Waals surface area contributed by atoms with Crippen LogP contribution in [0.15, 0.2) is 42.5 Å². The van der Waals surface area contributed by atoms with Gasteiger partial charge in [0.1, 0.15) is 11.5 Å². The number of ether oxygens (including phenoxy) is 2. The average Bonchev–Trinajstić information content (AvgIpc) is 2.86. The molecule has 2 aromatic carbocycles. The van der Waals surface area contributed by atoms with Crippen LogP contribution in [0.3, 0.4) is 0 Å². The largest absolute Gasteiger partial charge is 0.573 e. The molecular weight excluding hydrogens is 387 g/mol. The Morgan fingerprint density at radius 1 is 1.21 bits per heavy atom. The summed E-state index contributed by atoms with van der Waals surface area (Å²) < 4.78 is 49.4. The highest BCUT2D eigenvalue weighted by Gasteiger charge is 2.31. The van der Waals surface area contributed by atoms with E-state index in [1.165, 1.54) is 19.1 Å². The molecule has 0 aliphatic rings. The van der Waals surface area contributed by atoms with Crippen molar-refractivity contribution in [3.8, 4) is 11.5 Å². The SMILES string of the molecule is Cc1c(Cc2ccccc2OC(C)C(=O)O)c2cc(OC(F)(F)F)ccc2n1C. The van der Waals surface area contributed by atoms with Crippen LogP contribution in [0, 0.1) is 6.92 Å². The maximum atomic E-state index is 12.6. The second kappa shape index (κ2) is 7.69. The first-order valence-electron chi connectivity index (χ1n) is 8.88. The molecule has 0 fully saturated rings. The normalized spacial score (nSPS) is 12.8. The van der Waals surface area contributed by atoms with Crippen LogP contribution >= 0.6 is 0 Å². The third kappa shape index (κ3) is 4.47. The molecule has 0 radical (unpaired) electrons. The number of halogens is 3. The third-order valence-corrected chi connectivity index (χ3v) is 4.82. The maximum absolute atomic E-state index is 12.6. The van der Waals surface area contributed by atoms with Gasteiger partial charge in [0.25, 0.3) is 0 Å². The first kappa shape index (κ1) is 20.6. The van der Waals surface area contributed by atoms with Crippen molar-refractivity contribution in [1.29, 1.82) is 0 Å². The molecule has 0 aliphatic carbocycles. The number of carboxylic acids is 1. The van der Waals surface area contributed by atoms with Crippen LogP contribution < -0.4 is 9.47 Å². The highest BCUT2D eigenvalue weighted by molar-refractivity contribution is 5.87. The lowest BCUT2D eigenvalue weighted by molar-refractivity contribution is -0.274. The maximum Gasteiger partial charge on any atom is 0.573 e. The van der Waals surface area contributed by atoms with Gasteiger partial charge >= 0.3 is 12.3 Å². The minimum Gasteiger partial charge on any atom is -0.479 e. The molecule has 0 amide bonds. The second-order valence-corrected chi connectivity index (χ2v) is 6.73. The van der Waals surface area contributed by atoms with Crippen LogP contribution in [-0.2, 0) is 18.3 Å². The van der Waals surface area contributed by atoms with Gasteiger partial charge in [0.05, 0.1) is 0 Å². The summed E-state index contributed by atoms with van der Waals surface area (Å²) in [6, 6.07) is 11.2. The van der Waals surface area contributed by atoms with Crippen LogP contribution in [0.1, 0.15) is 23.7 Å². The topological polar surface area (TPSA) is 60.7 Å². The Morgan fingerprint density at radius 3 is 2.55 bits per heavy atom. The van der Waals surface area contributed by atoms with E-state index in [-0.39, 0.29) is 5.75 Å². The van der Waals surface area contributed by atoms with Gasteiger partial charge in [-0.3, -0.25) is 0 Å². The number of hydrogen-bond donors (Lipinski definition) is 1. The fourth-order valence-electron chi connectivity index (χ4n) is 3.24. The van der Waals surface area contributed by atoms with Crippen molar-refractivity contribution in [3.05, 3.63) is 59.3 Å². The molecule has 5 nitrogen and oxygen atoms in total. The number of para-hydroxylation sites is 1. The Hall–Kier alpha value is -3.16. The fourth-order valence-corrected chi connectivity index (χ4v) is 3.24. The van der Waals surface area contributed by atoms with Gasteiger partial charge in [-0.25, -0.2) is 4.79 Å². The van der Waals surface area contributed by atoms with E-state index in [1.54, 1.807) is 30.3 Å². The van der Waals surface area contributed by atoms with Gasteiger partial charge in [-0.2, -0.15) is 0 Å². The summed E-state index contributed by atoms with van der Waals surface area (Å²) in [6.45, 7) is 3.31. The molecule has 154 valence electrons. The number of carbonyl (C=O) groups is 1. The number of rotatable bonds is 6.